The number of likely N-dealkylation sites (tertiary alicyclic amines) is 2. The van der Waals surface area contributed by atoms with Crippen molar-refractivity contribution in [1.82, 2.24) is 45.4 Å². The molecule has 4 amide bonds. The predicted octanol–water partition coefficient (Wildman–Crippen LogP) is 7.38. The van der Waals surface area contributed by atoms with E-state index in [0.717, 1.165) is 17.7 Å². The number of ether oxygens (including phenoxy) is 1. The number of H-pyrrole nitrogens is 2. The van der Waals surface area contributed by atoms with E-state index < -0.39 is 35.9 Å². The molecule has 0 saturated carbocycles. The molecule has 0 bridgehead atoms. The number of hydrogen-bond donors (Lipinski definition) is 4. The summed E-state index contributed by atoms with van der Waals surface area (Å²) in [5.41, 5.74) is 3.54. The molecule has 6 aromatic rings. The number of pyridine rings is 1. The number of nitrogens with one attached hydrogen (secondary N) is 4. The largest absolute Gasteiger partial charge is 0.453 e. The second-order valence-electron chi connectivity index (χ2n) is 17.3. The molecule has 346 valence electrons. The average Bonchev–Trinajstić information content (AvgIpc) is 4.21. The summed E-state index contributed by atoms with van der Waals surface area (Å²) in [6, 6.07) is 21.7. The summed E-state index contributed by atoms with van der Waals surface area (Å²) in [5, 5.41) is 5.63. The van der Waals surface area contributed by atoms with Crippen LogP contribution in [0.3, 0.4) is 0 Å². The number of anilines is 1. The first kappa shape index (κ1) is 44.8. The number of aromatic nitrogens is 5. The van der Waals surface area contributed by atoms with E-state index in [9.17, 15) is 19.2 Å². The van der Waals surface area contributed by atoms with Crippen LogP contribution in [0.15, 0.2) is 110 Å². The van der Waals surface area contributed by atoms with Crippen LogP contribution in [-0.4, -0.2) is 91.8 Å². The Hall–Kier alpha value is -7.43. The fourth-order valence-corrected chi connectivity index (χ4v) is 9.72. The first-order valence-electron chi connectivity index (χ1n) is 22.7. The highest BCUT2D eigenvalue weighted by molar-refractivity contribution is 5.90. The number of aromatic amines is 2. The Morgan fingerprint density at radius 1 is 0.716 bits per heavy atom. The lowest BCUT2D eigenvalue weighted by atomic mass is 9.93. The molecule has 6 heterocycles. The number of carbonyl (C=O) groups excluding carboxylic acids is 4. The highest BCUT2D eigenvalue weighted by Crippen LogP contribution is 2.39. The molecule has 67 heavy (non-hydrogen) atoms. The number of methoxy groups -OCH3 is 1. The van der Waals surface area contributed by atoms with Crippen molar-refractivity contribution in [3.63, 3.8) is 0 Å². The van der Waals surface area contributed by atoms with E-state index in [4.69, 9.17) is 9.72 Å². The molecule has 9 rings (SSSR count). The second kappa shape index (κ2) is 20.0. The summed E-state index contributed by atoms with van der Waals surface area (Å²) in [6.45, 7) is 1.78. The summed E-state index contributed by atoms with van der Waals surface area (Å²) in [5.74, 6) is -1.00. The first-order valence-corrected chi connectivity index (χ1v) is 22.7. The number of alkyl carbamates (subject to hydrolysis) is 1. The van der Waals surface area contributed by atoms with E-state index >= 15 is 8.78 Å². The maximum Gasteiger partial charge on any atom is 0.407 e. The summed E-state index contributed by atoms with van der Waals surface area (Å²) < 4.78 is 36.8. The van der Waals surface area contributed by atoms with Gasteiger partial charge in [0.1, 0.15) is 41.1 Å². The maximum atomic E-state index is 16.0. The lowest BCUT2D eigenvalue weighted by Crippen LogP contribution is -2.43. The monoisotopic (exact) mass is 910 g/mol. The zero-order valence-corrected chi connectivity index (χ0v) is 37.0. The SMILES string of the molecule is COC(=O)NC(C(=O)N1CCCC1c1ncc(-c2cc(F)c(N3CCC(c4cnc(C5CCCN5C(=O)C(NC(=O)Cc5cccnc5)c5ccccc5)[nH]4)CC3)c(F)c2)[nH]1)c1ccccc1. The van der Waals surface area contributed by atoms with E-state index in [1.165, 1.54) is 25.4 Å². The van der Waals surface area contributed by atoms with Gasteiger partial charge in [0.15, 0.2) is 0 Å². The van der Waals surface area contributed by atoms with Crippen LogP contribution < -0.4 is 15.5 Å². The number of nitrogens with zero attached hydrogens (tertiary/aromatic N) is 6. The molecular formula is C50H52F2N10O5. The number of imidazole rings is 2. The minimum Gasteiger partial charge on any atom is -0.453 e. The van der Waals surface area contributed by atoms with Gasteiger partial charge in [0.2, 0.25) is 11.8 Å². The quantitative estimate of drug-likeness (QED) is 0.0920. The molecule has 0 spiro atoms. The van der Waals surface area contributed by atoms with E-state index in [-0.39, 0.29) is 47.4 Å². The van der Waals surface area contributed by atoms with Gasteiger partial charge < -0.3 is 40.0 Å². The highest BCUT2D eigenvalue weighted by Gasteiger charge is 2.39. The zero-order valence-electron chi connectivity index (χ0n) is 37.0. The van der Waals surface area contributed by atoms with Crippen LogP contribution in [-0.2, 0) is 25.5 Å². The summed E-state index contributed by atoms with van der Waals surface area (Å²) in [6.07, 6.45) is 10.00. The average molecular weight is 911 g/mol. The Morgan fingerprint density at radius 2 is 1.30 bits per heavy atom. The number of amides is 4. The molecule has 3 fully saturated rings. The Balaban J connectivity index is 0.837. The molecule has 3 aliphatic heterocycles. The lowest BCUT2D eigenvalue weighted by molar-refractivity contribution is -0.137. The lowest BCUT2D eigenvalue weighted by Gasteiger charge is -2.33. The first-order chi connectivity index (χ1) is 32.6. The Labute approximate surface area is 386 Å². The fraction of sp³-hybridized carbons (Fsp3) is 0.340. The predicted molar refractivity (Wildman–Crippen MR) is 244 cm³/mol. The normalized spacial score (nSPS) is 18.4. The van der Waals surface area contributed by atoms with Crippen molar-refractivity contribution in [2.75, 3.05) is 38.2 Å². The molecule has 3 saturated heterocycles. The van der Waals surface area contributed by atoms with Crippen LogP contribution in [0.4, 0.5) is 19.3 Å². The molecule has 15 nitrogen and oxygen atoms in total. The van der Waals surface area contributed by atoms with Crippen molar-refractivity contribution >= 4 is 29.5 Å². The van der Waals surface area contributed by atoms with Crippen molar-refractivity contribution in [2.24, 2.45) is 0 Å². The van der Waals surface area contributed by atoms with Crippen LogP contribution in [0.25, 0.3) is 11.3 Å². The Morgan fingerprint density at radius 3 is 1.88 bits per heavy atom. The third-order valence-corrected chi connectivity index (χ3v) is 13.1. The molecular weight excluding hydrogens is 859 g/mol. The highest BCUT2D eigenvalue weighted by atomic mass is 19.1. The van der Waals surface area contributed by atoms with Crippen LogP contribution >= 0.6 is 0 Å². The smallest absolute Gasteiger partial charge is 0.407 e. The molecule has 4 unspecified atom stereocenters. The van der Waals surface area contributed by atoms with Gasteiger partial charge in [-0.1, -0.05) is 66.7 Å². The van der Waals surface area contributed by atoms with E-state index in [0.29, 0.717) is 86.8 Å². The number of benzene rings is 3. The van der Waals surface area contributed by atoms with Crippen LogP contribution in [0, 0.1) is 11.6 Å². The summed E-state index contributed by atoms with van der Waals surface area (Å²) >= 11 is 0. The maximum absolute atomic E-state index is 16.0. The van der Waals surface area contributed by atoms with Crippen molar-refractivity contribution in [1.29, 1.82) is 0 Å². The summed E-state index contributed by atoms with van der Waals surface area (Å²) in [7, 11) is 1.24. The minimum atomic E-state index is -0.979. The number of carbonyl (C=O) groups is 4. The molecule has 0 aliphatic carbocycles. The third kappa shape index (κ3) is 9.76. The van der Waals surface area contributed by atoms with Gasteiger partial charge in [0, 0.05) is 61.9 Å². The number of piperidine rings is 1. The van der Waals surface area contributed by atoms with E-state index in [2.05, 4.69) is 30.6 Å². The molecule has 3 aliphatic rings. The van der Waals surface area contributed by atoms with E-state index in [1.54, 1.807) is 63.6 Å². The topological polar surface area (TPSA) is 182 Å². The van der Waals surface area contributed by atoms with Gasteiger partial charge in [-0.05, 0) is 73.4 Å². The van der Waals surface area contributed by atoms with Crippen molar-refractivity contribution in [3.05, 3.63) is 155 Å². The third-order valence-electron chi connectivity index (χ3n) is 13.1. The van der Waals surface area contributed by atoms with Gasteiger partial charge >= 0.3 is 6.09 Å². The van der Waals surface area contributed by atoms with Gasteiger partial charge in [-0.25, -0.2) is 23.5 Å². The van der Waals surface area contributed by atoms with Crippen molar-refractivity contribution in [3.8, 4) is 11.3 Å². The molecule has 3 aromatic heterocycles. The molecule has 17 heteroatoms. The van der Waals surface area contributed by atoms with Gasteiger partial charge in [0.25, 0.3) is 5.91 Å². The molecule has 4 atom stereocenters. The van der Waals surface area contributed by atoms with Crippen molar-refractivity contribution < 1.29 is 32.7 Å². The summed E-state index contributed by atoms with van der Waals surface area (Å²) in [4.78, 5) is 79.0. The zero-order chi connectivity index (χ0) is 46.4. The van der Waals surface area contributed by atoms with E-state index in [1.807, 2.05) is 42.5 Å². The number of rotatable bonds is 13. The number of hydrogen-bond acceptors (Lipinski definition) is 9. The number of halogens is 2. The fourth-order valence-electron chi connectivity index (χ4n) is 9.72. The standard InChI is InChI=1S/C50H52F2N10O5/c1-67-50(66)59-44(34-14-6-3-7-15-34)49(65)62-22-10-17-41(62)47-55-30-39(57-47)35-26-36(51)45(37(52)27-35)60-23-18-32(19-24-60)38-29-54-46(56-38)40-16-9-21-61(40)48(64)43(33-12-4-2-5-13-33)58-42(63)25-31-11-8-20-53-28-31/h2-8,11-15,20,26-30,32,40-41,43-44H,9-10,16-19,21-25H2,1H3,(H,54,56)(H,55,57)(H,58,63)(H,59,66). The molecule has 3 aromatic carbocycles. The van der Waals surface area contributed by atoms with Crippen LogP contribution in [0.2, 0.25) is 0 Å². The van der Waals surface area contributed by atoms with Gasteiger partial charge in [-0.15, -0.1) is 0 Å². The Kier molecular flexibility index (Phi) is 13.3. The Bertz CT molecular complexity index is 2670. The molecule has 4 N–H and O–H groups in total. The second-order valence-corrected chi connectivity index (χ2v) is 17.3. The van der Waals surface area contributed by atoms with Gasteiger partial charge in [-0.2, -0.15) is 0 Å². The van der Waals surface area contributed by atoms with Crippen LogP contribution in [0.5, 0.6) is 0 Å². The van der Waals surface area contributed by atoms with Gasteiger partial charge in [0.05, 0.1) is 37.5 Å². The van der Waals surface area contributed by atoms with Gasteiger partial charge in [-0.3, -0.25) is 19.4 Å². The minimum absolute atomic E-state index is 0.0574. The molecule has 0 radical (unpaired) electrons. The van der Waals surface area contributed by atoms with Crippen molar-refractivity contribution in [2.45, 2.75) is 75.0 Å². The van der Waals surface area contributed by atoms with Crippen LogP contribution in [0.1, 0.15) is 103 Å².